The number of piperazine rings is 1. The van der Waals surface area contributed by atoms with Crippen LogP contribution >= 0.6 is 11.3 Å². The molecule has 0 aliphatic carbocycles. The van der Waals surface area contributed by atoms with Gasteiger partial charge in [-0.3, -0.25) is 9.69 Å². The first-order valence-electron chi connectivity index (χ1n) is 6.57. The highest BCUT2D eigenvalue weighted by Crippen LogP contribution is 2.15. The Morgan fingerprint density at radius 3 is 3.21 bits per heavy atom. The molecular weight excluding hydrogens is 260 g/mol. The molecule has 1 saturated heterocycles. The van der Waals surface area contributed by atoms with Crippen LogP contribution in [0.2, 0.25) is 0 Å². The quantitative estimate of drug-likeness (QED) is 0.865. The van der Waals surface area contributed by atoms with Crippen LogP contribution in [0.1, 0.15) is 19.7 Å². The fourth-order valence-electron chi connectivity index (χ4n) is 2.51. The lowest BCUT2D eigenvalue weighted by atomic mass is 10.1. The number of H-pyrrole nitrogens is 1. The van der Waals surface area contributed by atoms with Gasteiger partial charge in [0, 0.05) is 25.2 Å². The zero-order valence-corrected chi connectivity index (χ0v) is 12.0. The third-order valence-corrected chi connectivity index (χ3v) is 4.51. The van der Waals surface area contributed by atoms with Crippen molar-refractivity contribution in [3.8, 4) is 0 Å². The van der Waals surface area contributed by atoms with E-state index in [9.17, 15) is 4.79 Å². The van der Waals surface area contributed by atoms with E-state index in [-0.39, 0.29) is 5.56 Å². The van der Waals surface area contributed by atoms with E-state index in [1.165, 1.54) is 11.3 Å². The summed E-state index contributed by atoms with van der Waals surface area (Å²) in [4.78, 5) is 21.7. The number of hydrogen-bond acceptors (Lipinski definition) is 5. The number of fused-ring (bicyclic) bond motifs is 1. The molecule has 0 spiro atoms. The number of thiophene rings is 1. The molecule has 3 rings (SSSR count). The Labute approximate surface area is 115 Å². The average Bonchev–Trinajstić information content (AvgIpc) is 2.82. The van der Waals surface area contributed by atoms with Gasteiger partial charge in [-0.15, -0.1) is 11.3 Å². The highest BCUT2D eigenvalue weighted by molar-refractivity contribution is 7.17. The van der Waals surface area contributed by atoms with Crippen LogP contribution in [0, 0.1) is 0 Å². The summed E-state index contributed by atoms with van der Waals surface area (Å²) in [5.41, 5.74) is 0.783. The van der Waals surface area contributed by atoms with Crippen LogP contribution in [0.15, 0.2) is 16.2 Å². The Kier molecular flexibility index (Phi) is 3.38. The smallest absolute Gasteiger partial charge is 0.268 e. The van der Waals surface area contributed by atoms with E-state index in [0.717, 1.165) is 24.4 Å². The molecule has 102 valence electrons. The van der Waals surface area contributed by atoms with Crippen molar-refractivity contribution >= 4 is 21.6 Å². The van der Waals surface area contributed by atoms with E-state index >= 15 is 0 Å². The first kappa shape index (κ1) is 12.8. The Bertz CT molecular complexity index is 635. The predicted molar refractivity (Wildman–Crippen MR) is 77.6 cm³/mol. The average molecular weight is 278 g/mol. The maximum absolute atomic E-state index is 11.9. The Hall–Kier alpha value is -1.24. The maximum Gasteiger partial charge on any atom is 0.268 e. The van der Waals surface area contributed by atoms with Gasteiger partial charge in [0.2, 0.25) is 0 Å². The normalized spacial score (nSPS) is 24.9. The van der Waals surface area contributed by atoms with Crippen LogP contribution in [0.25, 0.3) is 10.2 Å². The number of rotatable bonds is 2. The third-order valence-electron chi connectivity index (χ3n) is 3.61. The van der Waals surface area contributed by atoms with Crippen molar-refractivity contribution in [3.05, 3.63) is 27.6 Å². The zero-order valence-electron chi connectivity index (χ0n) is 11.1. The summed E-state index contributed by atoms with van der Waals surface area (Å²) < 4.78 is 0.713. The van der Waals surface area contributed by atoms with E-state index in [1.807, 2.05) is 11.4 Å². The molecular formula is C13H18N4OS. The molecule has 5 nitrogen and oxygen atoms in total. The standard InChI is InChI=1S/C13H18N4OS/c1-8-6-17(9(2)5-14-8)7-11-15-10-3-4-19-12(10)13(18)16-11/h3-4,8-9,14H,5-7H2,1-2H3,(H,15,16,18). The van der Waals surface area contributed by atoms with Crippen molar-refractivity contribution in [2.75, 3.05) is 13.1 Å². The second-order valence-electron chi connectivity index (χ2n) is 5.24. The topological polar surface area (TPSA) is 61.0 Å². The van der Waals surface area contributed by atoms with Gasteiger partial charge in [0.05, 0.1) is 12.1 Å². The lowest BCUT2D eigenvalue weighted by molar-refractivity contribution is 0.135. The minimum absolute atomic E-state index is 0.0224. The van der Waals surface area contributed by atoms with E-state index in [0.29, 0.717) is 23.3 Å². The molecule has 2 unspecified atom stereocenters. The second kappa shape index (κ2) is 5.03. The molecule has 2 atom stereocenters. The Balaban J connectivity index is 1.86. The zero-order chi connectivity index (χ0) is 13.4. The maximum atomic E-state index is 11.9. The predicted octanol–water partition coefficient (Wildman–Crippen LogP) is 1.17. The number of hydrogen-bond donors (Lipinski definition) is 2. The van der Waals surface area contributed by atoms with Gasteiger partial charge in [0.25, 0.3) is 5.56 Å². The number of aromatic nitrogens is 2. The van der Waals surface area contributed by atoms with Crippen molar-refractivity contribution in [1.29, 1.82) is 0 Å². The van der Waals surface area contributed by atoms with E-state index in [1.54, 1.807) is 0 Å². The summed E-state index contributed by atoms with van der Waals surface area (Å²) in [5.74, 6) is 0.761. The van der Waals surface area contributed by atoms with Crippen molar-refractivity contribution in [1.82, 2.24) is 20.2 Å². The summed E-state index contributed by atoms with van der Waals surface area (Å²) in [6.45, 7) is 7.03. The van der Waals surface area contributed by atoms with E-state index < -0.39 is 0 Å². The summed E-state index contributed by atoms with van der Waals surface area (Å²) in [6.07, 6.45) is 0. The summed E-state index contributed by atoms with van der Waals surface area (Å²) in [5, 5.41) is 5.36. The first-order chi connectivity index (χ1) is 9.13. The lowest BCUT2D eigenvalue weighted by Crippen LogP contribution is -2.53. The van der Waals surface area contributed by atoms with Crippen molar-refractivity contribution in [2.24, 2.45) is 0 Å². The number of nitrogens with one attached hydrogen (secondary N) is 2. The van der Waals surface area contributed by atoms with Crippen LogP contribution in [-0.4, -0.2) is 40.0 Å². The van der Waals surface area contributed by atoms with Gasteiger partial charge >= 0.3 is 0 Å². The molecule has 0 bridgehead atoms. The molecule has 0 saturated carbocycles. The van der Waals surface area contributed by atoms with Gasteiger partial charge in [-0.1, -0.05) is 0 Å². The molecule has 2 N–H and O–H groups in total. The minimum Gasteiger partial charge on any atom is -0.311 e. The summed E-state index contributed by atoms with van der Waals surface area (Å²) in [6, 6.07) is 2.84. The molecule has 2 aromatic rings. The van der Waals surface area contributed by atoms with Gasteiger partial charge in [0.15, 0.2) is 0 Å². The monoisotopic (exact) mass is 278 g/mol. The molecule has 1 aliphatic rings. The first-order valence-corrected chi connectivity index (χ1v) is 7.45. The van der Waals surface area contributed by atoms with Crippen molar-refractivity contribution in [2.45, 2.75) is 32.5 Å². The molecule has 0 amide bonds. The molecule has 1 fully saturated rings. The fourth-order valence-corrected chi connectivity index (χ4v) is 3.23. The highest BCUT2D eigenvalue weighted by atomic mass is 32.1. The fraction of sp³-hybridized carbons (Fsp3) is 0.538. The molecule has 3 heterocycles. The van der Waals surface area contributed by atoms with Gasteiger partial charge in [-0.25, -0.2) is 4.98 Å². The van der Waals surface area contributed by atoms with Gasteiger partial charge < -0.3 is 10.3 Å². The molecule has 6 heteroatoms. The van der Waals surface area contributed by atoms with Gasteiger partial charge in [0.1, 0.15) is 10.5 Å². The minimum atomic E-state index is -0.0224. The second-order valence-corrected chi connectivity index (χ2v) is 6.15. The van der Waals surface area contributed by atoms with Crippen LogP contribution in [0.4, 0.5) is 0 Å². The van der Waals surface area contributed by atoms with Crippen molar-refractivity contribution in [3.63, 3.8) is 0 Å². The largest absolute Gasteiger partial charge is 0.311 e. The molecule has 2 aromatic heterocycles. The Morgan fingerprint density at radius 1 is 1.53 bits per heavy atom. The van der Waals surface area contributed by atoms with Gasteiger partial charge in [-0.2, -0.15) is 0 Å². The van der Waals surface area contributed by atoms with Crippen molar-refractivity contribution < 1.29 is 0 Å². The molecule has 1 aliphatic heterocycles. The third kappa shape index (κ3) is 2.56. The molecule has 19 heavy (non-hydrogen) atoms. The number of aromatic amines is 1. The van der Waals surface area contributed by atoms with Crippen LogP contribution in [0.3, 0.4) is 0 Å². The van der Waals surface area contributed by atoms with Crippen LogP contribution in [0.5, 0.6) is 0 Å². The lowest BCUT2D eigenvalue weighted by Gasteiger charge is -2.37. The van der Waals surface area contributed by atoms with E-state index in [2.05, 4.69) is 34.0 Å². The SMILES string of the molecule is CC1CN(Cc2nc3ccsc3c(=O)[nH]2)C(C)CN1. The van der Waals surface area contributed by atoms with Crippen LogP contribution < -0.4 is 10.9 Å². The molecule has 0 radical (unpaired) electrons. The van der Waals surface area contributed by atoms with Gasteiger partial charge in [-0.05, 0) is 25.3 Å². The highest BCUT2D eigenvalue weighted by Gasteiger charge is 2.23. The number of nitrogens with zero attached hydrogens (tertiary/aromatic N) is 2. The van der Waals surface area contributed by atoms with E-state index in [4.69, 9.17) is 0 Å². The molecule has 0 aromatic carbocycles. The Morgan fingerprint density at radius 2 is 2.37 bits per heavy atom. The van der Waals surface area contributed by atoms with Crippen LogP contribution in [-0.2, 0) is 6.54 Å². The summed E-state index contributed by atoms with van der Waals surface area (Å²) in [7, 11) is 0. The summed E-state index contributed by atoms with van der Waals surface area (Å²) >= 11 is 1.44.